The average molecular weight is 227 g/mol. The molecule has 0 fully saturated rings. The molecule has 0 radical (unpaired) electrons. The van der Waals surface area contributed by atoms with Crippen molar-refractivity contribution in [2.45, 2.75) is 10.4 Å². The maximum absolute atomic E-state index is 6.11. The normalized spacial score (nSPS) is 23.7. The molecule has 0 aromatic carbocycles. The van der Waals surface area contributed by atoms with Gasteiger partial charge in [-0.3, -0.25) is 9.98 Å². The quantitative estimate of drug-likeness (QED) is 0.677. The second-order valence-electron chi connectivity index (χ2n) is 3.02. The summed E-state index contributed by atoms with van der Waals surface area (Å²) in [5.41, 5.74) is 0.915. The minimum absolute atomic E-state index is 0.274. The van der Waals surface area contributed by atoms with Crippen LogP contribution in [0.4, 0.5) is 0 Å². The molecule has 2 nitrogen and oxygen atoms in total. The smallest absolute Gasteiger partial charge is 0.162 e. The highest BCUT2D eigenvalue weighted by molar-refractivity contribution is 6.50. The van der Waals surface area contributed by atoms with E-state index in [9.17, 15) is 0 Å². The lowest BCUT2D eigenvalue weighted by Gasteiger charge is -2.25. The van der Waals surface area contributed by atoms with Crippen molar-refractivity contribution in [2.24, 2.45) is 4.99 Å². The minimum Gasteiger partial charge on any atom is -0.282 e. The highest BCUT2D eigenvalue weighted by Crippen LogP contribution is 2.41. The Morgan fingerprint density at radius 2 is 2.21 bits per heavy atom. The summed E-state index contributed by atoms with van der Waals surface area (Å²) in [6.07, 6.45) is 8.59. The van der Waals surface area contributed by atoms with Gasteiger partial charge in [0.15, 0.2) is 4.33 Å². The molecule has 1 aromatic rings. The SMILES string of the molecule is ClC1(Cl)C=CC=NC1c1cccnc1. The van der Waals surface area contributed by atoms with Crippen LogP contribution in [0.15, 0.2) is 41.7 Å². The van der Waals surface area contributed by atoms with Gasteiger partial charge in [-0.1, -0.05) is 29.3 Å². The van der Waals surface area contributed by atoms with Crippen molar-refractivity contribution in [1.29, 1.82) is 0 Å². The summed E-state index contributed by atoms with van der Waals surface area (Å²) in [6.45, 7) is 0. The van der Waals surface area contributed by atoms with Crippen LogP contribution < -0.4 is 0 Å². The van der Waals surface area contributed by atoms with Gasteiger partial charge in [0.2, 0.25) is 0 Å². The summed E-state index contributed by atoms with van der Waals surface area (Å²) in [4.78, 5) is 8.25. The zero-order valence-electron chi connectivity index (χ0n) is 7.27. The number of aromatic nitrogens is 1. The Bertz CT molecular complexity index is 371. The number of hydrogen-bond acceptors (Lipinski definition) is 2. The lowest BCUT2D eigenvalue weighted by Crippen LogP contribution is -2.22. The summed E-state index contributed by atoms with van der Waals surface area (Å²) < 4.78 is -0.974. The molecule has 2 rings (SSSR count). The standard InChI is InChI=1S/C10H8Cl2N2/c11-10(12)4-2-6-14-9(10)8-3-1-5-13-7-8/h1-7,9H. The Morgan fingerprint density at radius 3 is 2.86 bits per heavy atom. The van der Waals surface area contributed by atoms with E-state index in [1.807, 2.05) is 12.1 Å². The van der Waals surface area contributed by atoms with Gasteiger partial charge in [0, 0.05) is 18.6 Å². The summed E-state index contributed by atoms with van der Waals surface area (Å²) in [7, 11) is 0. The molecular weight excluding hydrogens is 219 g/mol. The van der Waals surface area contributed by atoms with Crippen molar-refractivity contribution in [3.8, 4) is 0 Å². The molecule has 0 aliphatic carbocycles. The van der Waals surface area contributed by atoms with Gasteiger partial charge in [0.05, 0.1) is 0 Å². The number of allylic oxidation sites excluding steroid dienone is 1. The van der Waals surface area contributed by atoms with Crippen molar-refractivity contribution in [3.63, 3.8) is 0 Å². The van der Waals surface area contributed by atoms with Gasteiger partial charge in [-0.15, -0.1) is 0 Å². The van der Waals surface area contributed by atoms with Crippen molar-refractivity contribution in [3.05, 3.63) is 42.2 Å². The van der Waals surface area contributed by atoms with Gasteiger partial charge < -0.3 is 0 Å². The molecule has 1 aliphatic rings. The van der Waals surface area contributed by atoms with Crippen LogP contribution in [0.3, 0.4) is 0 Å². The monoisotopic (exact) mass is 226 g/mol. The number of pyridine rings is 1. The molecule has 0 saturated heterocycles. The molecule has 0 N–H and O–H groups in total. The van der Waals surface area contributed by atoms with E-state index in [1.165, 1.54) is 0 Å². The van der Waals surface area contributed by atoms with Crippen molar-refractivity contribution >= 4 is 29.4 Å². The maximum Gasteiger partial charge on any atom is 0.162 e. The number of rotatable bonds is 1. The lowest BCUT2D eigenvalue weighted by molar-refractivity contribution is 0.698. The fourth-order valence-electron chi connectivity index (χ4n) is 1.34. The summed E-state index contributed by atoms with van der Waals surface area (Å²) in [5, 5.41) is 0. The van der Waals surface area contributed by atoms with E-state index in [0.717, 1.165) is 5.56 Å². The van der Waals surface area contributed by atoms with Gasteiger partial charge in [0.25, 0.3) is 0 Å². The first-order chi connectivity index (χ1) is 6.70. The molecule has 14 heavy (non-hydrogen) atoms. The Hall–Kier alpha value is -0.860. The largest absolute Gasteiger partial charge is 0.282 e. The highest BCUT2D eigenvalue weighted by atomic mass is 35.5. The molecule has 0 spiro atoms. The van der Waals surface area contributed by atoms with Gasteiger partial charge in [-0.25, -0.2) is 0 Å². The fourth-order valence-corrected chi connectivity index (χ4v) is 1.85. The van der Waals surface area contributed by atoms with E-state index in [2.05, 4.69) is 9.98 Å². The Kier molecular flexibility index (Phi) is 2.57. The number of hydrogen-bond donors (Lipinski definition) is 0. The number of halogens is 2. The zero-order chi connectivity index (χ0) is 10.0. The topological polar surface area (TPSA) is 25.2 Å². The Morgan fingerprint density at radius 1 is 1.36 bits per heavy atom. The predicted molar refractivity (Wildman–Crippen MR) is 59.0 cm³/mol. The zero-order valence-corrected chi connectivity index (χ0v) is 8.78. The molecule has 1 aromatic heterocycles. The predicted octanol–water partition coefficient (Wildman–Crippen LogP) is 2.94. The number of alkyl halides is 2. The van der Waals surface area contributed by atoms with Gasteiger partial charge in [0.1, 0.15) is 6.04 Å². The van der Waals surface area contributed by atoms with E-state index < -0.39 is 4.33 Å². The Balaban J connectivity index is 2.36. The van der Waals surface area contributed by atoms with Gasteiger partial charge >= 0.3 is 0 Å². The van der Waals surface area contributed by atoms with Crippen LogP contribution in [0.25, 0.3) is 0 Å². The van der Waals surface area contributed by atoms with Crippen LogP contribution in [-0.2, 0) is 0 Å². The van der Waals surface area contributed by atoms with E-state index in [4.69, 9.17) is 23.2 Å². The first-order valence-corrected chi connectivity index (χ1v) is 4.94. The molecule has 2 heterocycles. The van der Waals surface area contributed by atoms with E-state index in [1.54, 1.807) is 30.8 Å². The maximum atomic E-state index is 6.11. The van der Waals surface area contributed by atoms with Gasteiger partial charge in [-0.05, 0) is 23.8 Å². The summed E-state index contributed by atoms with van der Waals surface area (Å²) in [6, 6.07) is 3.48. The molecule has 1 unspecified atom stereocenters. The molecule has 1 aliphatic heterocycles. The van der Waals surface area contributed by atoms with E-state index in [-0.39, 0.29) is 6.04 Å². The summed E-state index contributed by atoms with van der Waals surface area (Å²) in [5.74, 6) is 0. The van der Waals surface area contributed by atoms with Crippen LogP contribution in [-0.4, -0.2) is 15.5 Å². The molecule has 4 heteroatoms. The van der Waals surface area contributed by atoms with Crippen molar-refractivity contribution in [2.75, 3.05) is 0 Å². The molecule has 0 saturated carbocycles. The van der Waals surface area contributed by atoms with Crippen molar-refractivity contribution in [1.82, 2.24) is 4.98 Å². The van der Waals surface area contributed by atoms with E-state index in [0.29, 0.717) is 0 Å². The van der Waals surface area contributed by atoms with Crippen molar-refractivity contribution < 1.29 is 0 Å². The Labute approximate surface area is 92.3 Å². The van der Waals surface area contributed by atoms with Crippen LogP contribution in [0.1, 0.15) is 11.6 Å². The first-order valence-electron chi connectivity index (χ1n) is 4.19. The minimum atomic E-state index is -0.974. The summed E-state index contributed by atoms with van der Waals surface area (Å²) >= 11 is 12.2. The fraction of sp³-hybridized carbons (Fsp3) is 0.200. The molecule has 0 amide bonds. The first kappa shape index (κ1) is 9.69. The molecule has 1 atom stereocenters. The number of aliphatic imine (C=N–C) groups is 1. The van der Waals surface area contributed by atoms with Gasteiger partial charge in [-0.2, -0.15) is 0 Å². The lowest BCUT2D eigenvalue weighted by atomic mass is 10.0. The third-order valence-electron chi connectivity index (χ3n) is 2.00. The third-order valence-corrected chi connectivity index (χ3v) is 2.67. The van der Waals surface area contributed by atoms with Crippen LogP contribution in [0, 0.1) is 0 Å². The van der Waals surface area contributed by atoms with E-state index >= 15 is 0 Å². The van der Waals surface area contributed by atoms with Crippen LogP contribution in [0.5, 0.6) is 0 Å². The third kappa shape index (κ3) is 1.81. The average Bonchev–Trinajstić information content (AvgIpc) is 2.18. The van der Waals surface area contributed by atoms with Crippen LogP contribution in [0.2, 0.25) is 0 Å². The molecular formula is C10H8Cl2N2. The molecule has 0 bridgehead atoms. The van der Waals surface area contributed by atoms with Crippen LogP contribution >= 0.6 is 23.2 Å². The second-order valence-corrected chi connectivity index (χ2v) is 4.46. The second kappa shape index (κ2) is 3.71. The number of nitrogens with zero attached hydrogens (tertiary/aromatic N) is 2. The highest BCUT2D eigenvalue weighted by Gasteiger charge is 2.34. The molecule has 72 valence electrons. The number of dihydropyridines is 1.